The normalized spacial score (nSPS) is 14.2. The Morgan fingerprint density at radius 1 is 1.38 bits per heavy atom. The van der Waals surface area contributed by atoms with E-state index in [2.05, 4.69) is 13.8 Å². The molecule has 0 aliphatic heterocycles. The summed E-state index contributed by atoms with van der Waals surface area (Å²) in [6.45, 7) is 6.38. The maximum absolute atomic E-state index is 10.3. The van der Waals surface area contributed by atoms with Gasteiger partial charge < -0.3 is 0 Å². The number of carbonyl (C=O) groups is 1. The van der Waals surface area contributed by atoms with Crippen LogP contribution < -0.4 is 0 Å². The average molecular weight is 182 g/mol. The van der Waals surface area contributed by atoms with Gasteiger partial charge in [0.2, 0.25) is 0 Å². The van der Waals surface area contributed by atoms with Crippen LogP contribution in [0.2, 0.25) is 0 Å². The highest BCUT2D eigenvalue weighted by atomic mass is 16.1. The summed E-state index contributed by atoms with van der Waals surface area (Å²) in [6, 6.07) is 0. The van der Waals surface area contributed by atoms with Crippen molar-refractivity contribution < 1.29 is 4.79 Å². The third-order valence-corrected chi connectivity index (χ3v) is 2.36. The summed E-state index contributed by atoms with van der Waals surface area (Å²) in [7, 11) is 0. The second-order valence-electron chi connectivity index (χ2n) is 3.89. The molecule has 0 fully saturated rings. The van der Waals surface area contributed by atoms with Crippen molar-refractivity contribution >= 4 is 6.29 Å². The molecule has 1 nitrogen and oxygen atoms in total. The minimum absolute atomic E-state index is 0.802. The standard InChI is InChI=1S/C12H22O/c1-4-5-7-11(2)8-6-9-12(3)10-13/h9-11H,4-8H2,1-3H3/b12-9+/t11-/m1/s1. The molecule has 0 radical (unpaired) electrons. The number of unbranched alkanes of at least 4 members (excludes halogenated alkanes) is 1. The van der Waals surface area contributed by atoms with Crippen molar-refractivity contribution in [2.24, 2.45) is 5.92 Å². The molecule has 0 aliphatic carbocycles. The van der Waals surface area contributed by atoms with Gasteiger partial charge in [-0.25, -0.2) is 0 Å². The van der Waals surface area contributed by atoms with Crippen molar-refractivity contribution in [3.63, 3.8) is 0 Å². The first-order chi connectivity index (χ1) is 6.20. The molecule has 0 aliphatic rings. The van der Waals surface area contributed by atoms with Gasteiger partial charge in [-0.05, 0) is 31.3 Å². The van der Waals surface area contributed by atoms with Gasteiger partial charge in [0.15, 0.2) is 0 Å². The lowest BCUT2D eigenvalue weighted by Gasteiger charge is -2.08. The SMILES string of the molecule is CCCC[C@@H](C)CC/C=C(\C)C=O. The number of hydrogen-bond donors (Lipinski definition) is 0. The molecule has 0 rings (SSSR count). The second-order valence-corrected chi connectivity index (χ2v) is 3.89. The predicted molar refractivity (Wildman–Crippen MR) is 57.7 cm³/mol. The minimum Gasteiger partial charge on any atom is -0.298 e. The van der Waals surface area contributed by atoms with E-state index in [9.17, 15) is 4.79 Å². The van der Waals surface area contributed by atoms with Crippen molar-refractivity contribution in [1.29, 1.82) is 0 Å². The summed E-state index contributed by atoms with van der Waals surface area (Å²) in [5, 5.41) is 0. The monoisotopic (exact) mass is 182 g/mol. The summed E-state index contributed by atoms with van der Waals surface area (Å²) in [5.41, 5.74) is 0.864. The number of hydrogen-bond acceptors (Lipinski definition) is 1. The predicted octanol–water partition coefficient (Wildman–Crippen LogP) is 3.74. The minimum atomic E-state index is 0.802. The molecule has 0 bridgehead atoms. The zero-order valence-corrected chi connectivity index (χ0v) is 9.18. The number of aldehydes is 1. The topological polar surface area (TPSA) is 17.1 Å². The van der Waals surface area contributed by atoms with Crippen LogP contribution in [-0.4, -0.2) is 6.29 Å². The first-order valence-electron chi connectivity index (χ1n) is 5.32. The van der Waals surface area contributed by atoms with E-state index in [-0.39, 0.29) is 0 Å². The van der Waals surface area contributed by atoms with Crippen LogP contribution in [0.15, 0.2) is 11.6 Å². The lowest BCUT2D eigenvalue weighted by atomic mass is 9.98. The van der Waals surface area contributed by atoms with Crippen molar-refractivity contribution in [3.8, 4) is 0 Å². The van der Waals surface area contributed by atoms with Gasteiger partial charge in [0.05, 0.1) is 0 Å². The molecule has 0 saturated heterocycles. The fraction of sp³-hybridized carbons (Fsp3) is 0.750. The molecule has 0 N–H and O–H groups in total. The van der Waals surface area contributed by atoms with Gasteiger partial charge in [0.1, 0.15) is 6.29 Å². The largest absolute Gasteiger partial charge is 0.298 e. The Morgan fingerprint density at radius 2 is 2.08 bits per heavy atom. The molecular weight excluding hydrogens is 160 g/mol. The van der Waals surface area contributed by atoms with Crippen LogP contribution in [0, 0.1) is 5.92 Å². The van der Waals surface area contributed by atoms with Crippen LogP contribution >= 0.6 is 0 Å². The van der Waals surface area contributed by atoms with Crippen LogP contribution in [0.25, 0.3) is 0 Å². The third-order valence-electron chi connectivity index (χ3n) is 2.36. The van der Waals surface area contributed by atoms with E-state index in [0.29, 0.717) is 0 Å². The Balaban J connectivity index is 3.46. The molecule has 0 amide bonds. The van der Waals surface area contributed by atoms with E-state index in [1.807, 2.05) is 13.0 Å². The molecule has 0 unspecified atom stereocenters. The van der Waals surface area contributed by atoms with Gasteiger partial charge in [-0.15, -0.1) is 0 Å². The summed E-state index contributed by atoms with van der Waals surface area (Å²) < 4.78 is 0. The van der Waals surface area contributed by atoms with Gasteiger partial charge in [-0.3, -0.25) is 4.79 Å². The Labute approximate surface area is 82.2 Å². The highest BCUT2D eigenvalue weighted by Crippen LogP contribution is 2.14. The fourth-order valence-corrected chi connectivity index (χ4v) is 1.34. The number of rotatable bonds is 7. The zero-order chi connectivity index (χ0) is 10.1. The van der Waals surface area contributed by atoms with Gasteiger partial charge in [-0.1, -0.05) is 39.2 Å². The summed E-state index contributed by atoms with van der Waals surface area (Å²) in [6.07, 6.45) is 9.17. The van der Waals surface area contributed by atoms with E-state index in [0.717, 1.165) is 24.2 Å². The molecule has 76 valence electrons. The molecule has 0 spiro atoms. The molecule has 1 atom stereocenters. The van der Waals surface area contributed by atoms with E-state index < -0.39 is 0 Å². The molecule has 0 heterocycles. The Morgan fingerprint density at radius 3 is 2.62 bits per heavy atom. The van der Waals surface area contributed by atoms with Crippen molar-refractivity contribution in [1.82, 2.24) is 0 Å². The highest BCUT2D eigenvalue weighted by molar-refractivity contribution is 5.71. The molecular formula is C12H22O. The summed E-state index contributed by atoms with van der Waals surface area (Å²) >= 11 is 0. The van der Waals surface area contributed by atoms with E-state index >= 15 is 0 Å². The molecule has 0 aromatic rings. The Hall–Kier alpha value is -0.590. The first kappa shape index (κ1) is 12.4. The van der Waals surface area contributed by atoms with Crippen molar-refractivity contribution in [3.05, 3.63) is 11.6 Å². The van der Waals surface area contributed by atoms with Gasteiger partial charge in [0.25, 0.3) is 0 Å². The lowest BCUT2D eigenvalue weighted by Crippen LogP contribution is -1.93. The van der Waals surface area contributed by atoms with Gasteiger partial charge >= 0.3 is 0 Å². The Kier molecular flexibility index (Phi) is 7.66. The molecule has 0 aromatic heterocycles. The smallest absolute Gasteiger partial charge is 0.145 e. The average Bonchev–Trinajstić information content (AvgIpc) is 2.14. The second kappa shape index (κ2) is 8.03. The maximum atomic E-state index is 10.3. The Bertz CT molecular complexity index is 159. The van der Waals surface area contributed by atoms with E-state index in [1.165, 1.54) is 25.7 Å². The van der Waals surface area contributed by atoms with E-state index in [4.69, 9.17) is 0 Å². The van der Waals surface area contributed by atoms with Crippen molar-refractivity contribution in [2.45, 2.75) is 52.9 Å². The number of carbonyl (C=O) groups excluding carboxylic acids is 1. The maximum Gasteiger partial charge on any atom is 0.145 e. The van der Waals surface area contributed by atoms with Crippen LogP contribution in [0.4, 0.5) is 0 Å². The van der Waals surface area contributed by atoms with Crippen LogP contribution in [0.1, 0.15) is 52.9 Å². The number of allylic oxidation sites excluding steroid dienone is 2. The summed E-state index contributed by atoms with van der Waals surface area (Å²) in [5.74, 6) is 0.802. The van der Waals surface area contributed by atoms with Gasteiger partial charge in [0, 0.05) is 0 Å². The fourth-order valence-electron chi connectivity index (χ4n) is 1.34. The third kappa shape index (κ3) is 7.76. The van der Waals surface area contributed by atoms with Crippen molar-refractivity contribution in [2.75, 3.05) is 0 Å². The van der Waals surface area contributed by atoms with Crippen LogP contribution in [0.5, 0.6) is 0 Å². The van der Waals surface area contributed by atoms with E-state index in [1.54, 1.807) is 0 Å². The molecule has 1 heteroatoms. The van der Waals surface area contributed by atoms with Gasteiger partial charge in [-0.2, -0.15) is 0 Å². The van der Waals surface area contributed by atoms with Crippen LogP contribution in [0.3, 0.4) is 0 Å². The van der Waals surface area contributed by atoms with Crippen LogP contribution in [-0.2, 0) is 4.79 Å². The quantitative estimate of drug-likeness (QED) is 0.433. The first-order valence-corrected chi connectivity index (χ1v) is 5.32. The highest BCUT2D eigenvalue weighted by Gasteiger charge is 1.99. The lowest BCUT2D eigenvalue weighted by molar-refractivity contribution is -0.104. The zero-order valence-electron chi connectivity index (χ0n) is 9.18. The molecule has 0 aromatic carbocycles. The summed E-state index contributed by atoms with van der Waals surface area (Å²) in [4.78, 5) is 10.3. The molecule has 0 saturated carbocycles. The molecule has 13 heavy (non-hydrogen) atoms.